The zero-order chi connectivity index (χ0) is 20.7. The van der Waals surface area contributed by atoms with Crippen LogP contribution < -0.4 is 10.5 Å². The van der Waals surface area contributed by atoms with Gasteiger partial charge in [0.05, 0.1) is 30.2 Å². The van der Waals surface area contributed by atoms with Gasteiger partial charge in [-0.25, -0.2) is 4.68 Å². The average molecular weight is 408 g/mol. The molecule has 2 aliphatic rings. The molecule has 5 rings (SSSR count). The first kappa shape index (κ1) is 19.4. The lowest BCUT2D eigenvalue weighted by Gasteiger charge is -2.33. The summed E-state index contributed by atoms with van der Waals surface area (Å²) < 4.78 is 2.03. The molecule has 0 bridgehead atoms. The molecule has 3 heterocycles. The SMILES string of the molecule is Cc1cccc2cc([C@H](c3nnnn3C3CCCC3)[NH+]3CCC[C@H](C)C3)c(=O)[nH]c12. The minimum atomic E-state index is -0.142. The Morgan fingerprint density at radius 3 is 2.83 bits per heavy atom. The Labute approximate surface area is 176 Å². The first-order chi connectivity index (χ1) is 14.6. The maximum Gasteiger partial charge on any atom is 0.258 e. The van der Waals surface area contributed by atoms with Gasteiger partial charge in [0.15, 0.2) is 6.04 Å². The maximum atomic E-state index is 13.3. The maximum absolute atomic E-state index is 13.3. The Morgan fingerprint density at radius 1 is 1.20 bits per heavy atom. The van der Waals surface area contributed by atoms with E-state index in [-0.39, 0.29) is 11.6 Å². The van der Waals surface area contributed by atoms with Gasteiger partial charge in [0.1, 0.15) is 0 Å². The summed E-state index contributed by atoms with van der Waals surface area (Å²) in [5.74, 6) is 1.48. The molecule has 2 N–H and O–H groups in total. The van der Waals surface area contributed by atoms with Gasteiger partial charge < -0.3 is 9.88 Å². The summed E-state index contributed by atoms with van der Waals surface area (Å²) in [5, 5.41) is 14.0. The molecular weight excluding hydrogens is 376 g/mol. The van der Waals surface area contributed by atoms with E-state index in [1.165, 1.54) is 30.6 Å². The van der Waals surface area contributed by atoms with Crippen LogP contribution in [0.2, 0.25) is 0 Å². The summed E-state index contributed by atoms with van der Waals surface area (Å²) in [6.07, 6.45) is 7.09. The van der Waals surface area contributed by atoms with Crippen LogP contribution in [0.1, 0.15) is 74.5 Å². The lowest BCUT2D eigenvalue weighted by atomic mass is 9.95. The second-order valence-corrected chi connectivity index (χ2v) is 9.31. The number of tetrazole rings is 1. The molecule has 0 amide bonds. The number of piperidine rings is 1. The quantitative estimate of drug-likeness (QED) is 0.696. The van der Waals surface area contributed by atoms with Crippen molar-refractivity contribution in [2.75, 3.05) is 13.1 Å². The summed E-state index contributed by atoms with van der Waals surface area (Å²) in [5.41, 5.74) is 2.77. The van der Waals surface area contributed by atoms with Gasteiger partial charge in [0.2, 0.25) is 5.82 Å². The molecule has 1 aliphatic carbocycles. The highest BCUT2D eigenvalue weighted by Crippen LogP contribution is 2.31. The molecule has 0 spiro atoms. The van der Waals surface area contributed by atoms with E-state index in [4.69, 9.17) is 0 Å². The number of pyridine rings is 1. The number of aryl methyl sites for hydroxylation is 1. The predicted molar refractivity (Wildman–Crippen MR) is 116 cm³/mol. The molecule has 1 aromatic carbocycles. The third kappa shape index (κ3) is 3.45. The molecule has 30 heavy (non-hydrogen) atoms. The molecule has 1 saturated carbocycles. The Morgan fingerprint density at radius 2 is 2.03 bits per heavy atom. The molecule has 7 nitrogen and oxygen atoms in total. The number of hydrogen-bond donors (Lipinski definition) is 2. The van der Waals surface area contributed by atoms with Gasteiger partial charge in [0.25, 0.3) is 5.56 Å². The molecule has 2 fully saturated rings. The van der Waals surface area contributed by atoms with Crippen molar-refractivity contribution in [1.82, 2.24) is 25.2 Å². The third-order valence-corrected chi connectivity index (χ3v) is 7.09. The molecule has 1 aliphatic heterocycles. The smallest absolute Gasteiger partial charge is 0.258 e. The number of aromatic nitrogens is 5. The fourth-order valence-corrected chi connectivity index (χ4v) is 5.55. The van der Waals surface area contributed by atoms with Crippen molar-refractivity contribution in [3.63, 3.8) is 0 Å². The predicted octanol–water partition coefficient (Wildman–Crippen LogP) is 2.34. The van der Waals surface area contributed by atoms with Crippen LogP contribution in [0, 0.1) is 12.8 Å². The number of quaternary nitrogens is 1. The number of nitrogens with one attached hydrogen (secondary N) is 2. The lowest BCUT2D eigenvalue weighted by Crippen LogP contribution is -3.14. The number of likely N-dealkylation sites (tertiary alicyclic amines) is 1. The second kappa shape index (κ2) is 7.95. The zero-order valence-electron chi connectivity index (χ0n) is 17.9. The molecule has 3 aromatic rings. The van der Waals surface area contributed by atoms with E-state index < -0.39 is 0 Å². The van der Waals surface area contributed by atoms with E-state index >= 15 is 0 Å². The topological polar surface area (TPSA) is 80.9 Å². The fourth-order valence-electron chi connectivity index (χ4n) is 5.55. The molecule has 2 aromatic heterocycles. The Hall–Kier alpha value is -2.54. The van der Waals surface area contributed by atoms with Crippen molar-refractivity contribution < 1.29 is 4.90 Å². The molecule has 1 unspecified atom stereocenters. The largest absolute Gasteiger partial charge is 0.322 e. The summed E-state index contributed by atoms with van der Waals surface area (Å²) in [6.45, 7) is 6.42. The fraction of sp³-hybridized carbons (Fsp3) is 0.565. The van der Waals surface area contributed by atoms with Gasteiger partial charge in [-0.15, -0.1) is 5.10 Å². The molecule has 7 heteroatoms. The van der Waals surface area contributed by atoms with Crippen molar-refractivity contribution in [3.05, 3.63) is 51.6 Å². The summed E-state index contributed by atoms with van der Waals surface area (Å²) in [4.78, 5) is 17.9. The van der Waals surface area contributed by atoms with Crippen molar-refractivity contribution in [3.8, 4) is 0 Å². The molecule has 0 radical (unpaired) electrons. The average Bonchev–Trinajstić information content (AvgIpc) is 3.41. The lowest BCUT2D eigenvalue weighted by molar-refractivity contribution is -0.934. The Kier molecular flexibility index (Phi) is 5.15. The minimum Gasteiger partial charge on any atom is -0.322 e. The molecule has 3 atom stereocenters. The van der Waals surface area contributed by atoms with Crippen LogP contribution in [-0.4, -0.2) is 38.3 Å². The minimum absolute atomic E-state index is 0.0199. The Balaban J connectivity index is 1.66. The molecular formula is C23H31N6O+. The highest BCUT2D eigenvalue weighted by molar-refractivity contribution is 5.82. The number of H-pyrrole nitrogens is 1. The number of hydrogen-bond acceptors (Lipinski definition) is 4. The number of para-hydroxylation sites is 1. The number of fused-ring (bicyclic) bond motifs is 1. The van der Waals surface area contributed by atoms with Gasteiger partial charge in [-0.3, -0.25) is 4.79 Å². The van der Waals surface area contributed by atoms with Crippen molar-refractivity contribution >= 4 is 10.9 Å². The van der Waals surface area contributed by atoms with Crippen molar-refractivity contribution in [2.24, 2.45) is 5.92 Å². The first-order valence-corrected chi connectivity index (χ1v) is 11.4. The van der Waals surface area contributed by atoms with E-state index in [0.29, 0.717) is 12.0 Å². The number of benzene rings is 1. The van der Waals surface area contributed by atoms with E-state index in [1.54, 1.807) is 0 Å². The monoisotopic (exact) mass is 407 g/mol. The van der Waals surface area contributed by atoms with Crippen molar-refractivity contribution in [2.45, 2.75) is 64.5 Å². The first-order valence-electron chi connectivity index (χ1n) is 11.4. The van der Waals surface area contributed by atoms with Crippen LogP contribution in [0.15, 0.2) is 29.1 Å². The summed E-state index contributed by atoms with van der Waals surface area (Å²) in [7, 11) is 0. The molecule has 158 valence electrons. The van der Waals surface area contributed by atoms with Crippen LogP contribution in [0.25, 0.3) is 10.9 Å². The molecule has 1 saturated heterocycles. The van der Waals surface area contributed by atoms with Gasteiger partial charge in [-0.05, 0) is 60.0 Å². The van der Waals surface area contributed by atoms with Crippen LogP contribution in [0.3, 0.4) is 0 Å². The zero-order valence-corrected chi connectivity index (χ0v) is 17.9. The third-order valence-electron chi connectivity index (χ3n) is 7.09. The second-order valence-electron chi connectivity index (χ2n) is 9.31. The van der Waals surface area contributed by atoms with Gasteiger partial charge in [-0.2, -0.15) is 0 Å². The van der Waals surface area contributed by atoms with E-state index in [9.17, 15) is 4.79 Å². The van der Waals surface area contributed by atoms with Crippen molar-refractivity contribution in [1.29, 1.82) is 0 Å². The standard InChI is InChI=1S/C23H30N6O/c1-15-7-6-12-28(14-15)21(22-25-26-27-29(22)18-10-3-4-11-18)19-13-17-9-5-8-16(2)20(17)24-23(19)30/h5,8-9,13,15,18,21H,3-4,6-7,10-12,14H2,1-2H3,(H,24,30)/p+1/t15-,21+/m0/s1. The normalized spacial score (nSPS) is 23.8. The number of aromatic amines is 1. The van der Waals surface area contributed by atoms with E-state index in [1.807, 2.05) is 23.7 Å². The van der Waals surface area contributed by atoms with E-state index in [2.05, 4.69) is 39.6 Å². The highest BCUT2D eigenvalue weighted by atomic mass is 16.1. The summed E-state index contributed by atoms with van der Waals surface area (Å²) in [6, 6.07) is 8.44. The van der Waals surface area contributed by atoms with Gasteiger partial charge in [-0.1, -0.05) is 38.0 Å². The van der Waals surface area contributed by atoms with Crippen LogP contribution in [-0.2, 0) is 0 Å². The highest BCUT2D eigenvalue weighted by Gasteiger charge is 2.38. The number of rotatable bonds is 4. The van der Waals surface area contributed by atoms with Crippen LogP contribution in [0.5, 0.6) is 0 Å². The van der Waals surface area contributed by atoms with Gasteiger partial charge in [0, 0.05) is 5.92 Å². The van der Waals surface area contributed by atoms with E-state index in [0.717, 1.165) is 53.8 Å². The summed E-state index contributed by atoms with van der Waals surface area (Å²) >= 11 is 0. The number of nitrogens with zero attached hydrogens (tertiary/aromatic N) is 4. The van der Waals surface area contributed by atoms with Crippen LogP contribution in [0.4, 0.5) is 0 Å². The Bertz CT molecular complexity index is 1100. The van der Waals surface area contributed by atoms with Gasteiger partial charge >= 0.3 is 0 Å². The van der Waals surface area contributed by atoms with Crippen LogP contribution >= 0.6 is 0 Å².